The van der Waals surface area contributed by atoms with E-state index in [4.69, 9.17) is 26.1 Å². The Morgan fingerprint density at radius 3 is 2.72 bits per heavy atom. The van der Waals surface area contributed by atoms with Crippen LogP contribution in [0.1, 0.15) is 58.0 Å². The maximum absolute atomic E-state index is 13.5. The Morgan fingerprint density at radius 2 is 2.06 bits per heavy atom. The van der Waals surface area contributed by atoms with E-state index in [0.29, 0.717) is 16.7 Å². The summed E-state index contributed by atoms with van der Waals surface area (Å²) in [7, 11) is 0. The minimum atomic E-state index is -1.40. The van der Waals surface area contributed by atoms with E-state index in [1.807, 2.05) is 6.92 Å². The Morgan fingerprint density at radius 1 is 1.31 bits per heavy atom. The van der Waals surface area contributed by atoms with E-state index in [1.54, 1.807) is 29.5 Å². The van der Waals surface area contributed by atoms with Crippen molar-refractivity contribution in [2.24, 2.45) is 11.3 Å². The van der Waals surface area contributed by atoms with Crippen molar-refractivity contribution in [1.29, 1.82) is 0 Å². The summed E-state index contributed by atoms with van der Waals surface area (Å²) in [4.78, 5) is 8.51. The first kappa shape index (κ1) is 25.4. The third kappa shape index (κ3) is 6.66. The molecule has 7 heteroatoms. The standard InChI is InChI=1S/C25H36ClFN2O2S/c1-7-10-30-20-11-18(25(4,5)6)13-29(14-20)15-23-16(2)28-24(32-23)21-12-19(26)8-9-22(21)31-17(3)27/h8-9,12,17-18,20H,7,10-11,13-15H2,1-6H3. The molecule has 2 heterocycles. The van der Waals surface area contributed by atoms with E-state index in [2.05, 4.69) is 32.6 Å². The van der Waals surface area contributed by atoms with E-state index >= 15 is 0 Å². The van der Waals surface area contributed by atoms with Crippen LogP contribution in [-0.4, -0.2) is 42.0 Å². The predicted molar refractivity (Wildman–Crippen MR) is 131 cm³/mol. The Bertz CT molecular complexity index is 897. The zero-order valence-electron chi connectivity index (χ0n) is 20.1. The third-order valence-corrected chi connectivity index (χ3v) is 7.40. The van der Waals surface area contributed by atoms with Crippen LogP contribution in [-0.2, 0) is 11.3 Å². The van der Waals surface area contributed by atoms with Crippen LogP contribution >= 0.6 is 22.9 Å². The molecule has 1 aliphatic heterocycles. The van der Waals surface area contributed by atoms with Gasteiger partial charge in [0.15, 0.2) is 0 Å². The second-order valence-electron chi connectivity index (χ2n) is 9.81. The Balaban J connectivity index is 1.82. The zero-order chi connectivity index (χ0) is 23.5. The molecule has 1 aromatic heterocycles. The molecule has 3 rings (SSSR count). The van der Waals surface area contributed by atoms with Crippen LogP contribution in [0.2, 0.25) is 5.02 Å². The Labute approximate surface area is 201 Å². The van der Waals surface area contributed by atoms with Gasteiger partial charge in [0.25, 0.3) is 0 Å². The molecule has 0 radical (unpaired) electrons. The molecule has 1 fully saturated rings. The molecule has 0 aliphatic carbocycles. The maximum Gasteiger partial charge on any atom is 0.235 e. The fraction of sp³-hybridized carbons (Fsp3) is 0.640. The van der Waals surface area contributed by atoms with Crippen molar-refractivity contribution < 1.29 is 13.9 Å². The van der Waals surface area contributed by atoms with Crippen LogP contribution < -0.4 is 4.74 Å². The molecular formula is C25H36ClFN2O2S. The molecule has 0 bridgehead atoms. The van der Waals surface area contributed by atoms with Crippen molar-refractivity contribution in [3.63, 3.8) is 0 Å². The van der Waals surface area contributed by atoms with Crippen molar-refractivity contribution in [3.05, 3.63) is 33.8 Å². The normalized spacial score (nSPS) is 21.0. The molecule has 1 aromatic carbocycles. The topological polar surface area (TPSA) is 34.6 Å². The Hall–Kier alpha value is -1.21. The van der Waals surface area contributed by atoms with Crippen LogP contribution in [0, 0.1) is 18.3 Å². The lowest BCUT2D eigenvalue weighted by Crippen LogP contribution is -2.47. The highest BCUT2D eigenvalue weighted by molar-refractivity contribution is 7.15. The molecule has 0 spiro atoms. The van der Waals surface area contributed by atoms with Gasteiger partial charge in [-0.05, 0) is 49.3 Å². The van der Waals surface area contributed by atoms with Crippen molar-refractivity contribution in [1.82, 2.24) is 9.88 Å². The van der Waals surface area contributed by atoms with Crippen molar-refractivity contribution in [3.8, 4) is 16.3 Å². The van der Waals surface area contributed by atoms with Crippen LogP contribution in [0.25, 0.3) is 10.6 Å². The number of ether oxygens (including phenoxy) is 2. The lowest BCUT2D eigenvalue weighted by Gasteiger charge is -2.43. The number of aryl methyl sites for hydroxylation is 1. The third-order valence-electron chi connectivity index (χ3n) is 5.99. The van der Waals surface area contributed by atoms with Crippen molar-refractivity contribution >= 4 is 22.9 Å². The molecule has 1 aliphatic rings. The molecule has 0 N–H and O–H groups in total. The molecule has 178 valence electrons. The summed E-state index contributed by atoms with van der Waals surface area (Å²) in [6.07, 6.45) is 1.00. The van der Waals surface area contributed by atoms with Crippen molar-refractivity contribution in [2.45, 2.75) is 73.4 Å². The van der Waals surface area contributed by atoms with Gasteiger partial charge in [0.05, 0.1) is 17.4 Å². The summed E-state index contributed by atoms with van der Waals surface area (Å²) in [6.45, 7) is 16.1. The second kappa shape index (κ2) is 10.8. The van der Waals surface area contributed by atoms with Crippen molar-refractivity contribution in [2.75, 3.05) is 19.7 Å². The van der Waals surface area contributed by atoms with E-state index in [9.17, 15) is 4.39 Å². The van der Waals surface area contributed by atoms with Gasteiger partial charge >= 0.3 is 0 Å². The van der Waals surface area contributed by atoms with Crippen LogP contribution in [0.15, 0.2) is 18.2 Å². The zero-order valence-corrected chi connectivity index (χ0v) is 21.7. The number of aromatic nitrogens is 1. The highest BCUT2D eigenvalue weighted by Gasteiger charge is 2.35. The minimum absolute atomic E-state index is 0.233. The van der Waals surface area contributed by atoms with Gasteiger partial charge in [-0.1, -0.05) is 39.3 Å². The minimum Gasteiger partial charge on any atom is -0.460 e. The molecule has 0 saturated carbocycles. The molecule has 3 atom stereocenters. The van der Waals surface area contributed by atoms with Gasteiger partial charge in [-0.3, -0.25) is 4.90 Å². The Kier molecular flexibility index (Phi) is 8.59. The van der Waals surface area contributed by atoms with Gasteiger partial charge in [0, 0.05) is 43.1 Å². The first-order valence-corrected chi connectivity index (χ1v) is 12.7. The largest absolute Gasteiger partial charge is 0.460 e. The lowest BCUT2D eigenvalue weighted by molar-refractivity contribution is -0.0427. The van der Waals surface area contributed by atoms with Crippen LogP contribution in [0.3, 0.4) is 0 Å². The van der Waals surface area contributed by atoms with Crippen LogP contribution in [0.5, 0.6) is 5.75 Å². The highest BCUT2D eigenvalue weighted by atomic mass is 35.5. The summed E-state index contributed by atoms with van der Waals surface area (Å²) in [5.41, 5.74) is 1.96. The predicted octanol–water partition coefficient (Wildman–Crippen LogP) is 7.13. The first-order valence-electron chi connectivity index (χ1n) is 11.5. The second-order valence-corrected chi connectivity index (χ2v) is 11.3. The number of thiazole rings is 1. The number of alkyl halides is 1. The fourth-order valence-electron chi connectivity index (χ4n) is 4.14. The van der Waals surface area contributed by atoms with Gasteiger partial charge in [-0.15, -0.1) is 11.3 Å². The summed E-state index contributed by atoms with van der Waals surface area (Å²) in [6, 6.07) is 5.21. The number of hydrogen-bond donors (Lipinski definition) is 0. The maximum atomic E-state index is 13.5. The molecule has 3 unspecified atom stereocenters. The first-order chi connectivity index (χ1) is 15.1. The number of piperidine rings is 1. The summed E-state index contributed by atoms with van der Waals surface area (Å²) in [5, 5.41) is 1.38. The molecule has 1 saturated heterocycles. The number of halogens is 2. The fourth-order valence-corrected chi connectivity index (χ4v) is 5.44. The molecule has 32 heavy (non-hydrogen) atoms. The average molecular weight is 483 g/mol. The number of nitrogens with zero attached hydrogens (tertiary/aromatic N) is 2. The quantitative estimate of drug-likeness (QED) is 0.400. The SMILES string of the molecule is CCCOC1CC(C(C)(C)C)CN(Cc2sc(-c3cc(Cl)ccc3OC(C)F)nc2C)C1. The molecule has 0 amide bonds. The number of benzene rings is 1. The van der Waals surface area contributed by atoms with E-state index in [0.717, 1.165) is 55.3 Å². The monoisotopic (exact) mass is 482 g/mol. The van der Waals surface area contributed by atoms with E-state index in [-0.39, 0.29) is 11.5 Å². The van der Waals surface area contributed by atoms with E-state index < -0.39 is 6.36 Å². The summed E-state index contributed by atoms with van der Waals surface area (Å²) >= 11 is 7.86. The molecule has 2 aromatic rings. The van der Waals surface area contributed by atoms with Gasteiger partial charge in [0.2, 0.25) is 6.36 Å². The van der Waals surface area contributed by atoms with Gasteiger partial charge in [-0.2, -0.15) is 0 Å². The number of rotatable bonds is 8. The molecule has 4 nitrogen and oxygen atoms in total. The van der Waals surface area contributed by atoms with Gasteiger partial charge < -0.3 is 9.47 Å². The summed E-state index contributed by atoms with van der Waals surface area (Å²) < 4.78 is 25.1. The highest BCUT2D eigenvalue weighted by Crippen LogP contribution is 2.39. The van der Waals surface area contributed by atoms with Gasteiger partial charge in [0.1, 0.15) is 10.8 Å². The smallest absolute Gasteiger partial charge is 0.235 e. The average Bonchev–Trinajstić information content (AvgIpc) is 3.06. The molecular weight excluding hydrogens is 447 g/mol. The van der Waals surface area contributed by atoms with E-state index in [1.165, 1.54) is 11.8 Å². The lowest BCUT2D eigenvalue weighted by atomic mass is 9.75. The van der Waals surface area contributed by atoms with Crippen LogP contribution in [0.4, 0.5) is 4.39 Å². The van der Waals surface area contributed by atoms with Gasteiger partial charge in [-0.25, -0.2) is 9.37 Å². The summed E-state index contributed by atoms with van der Waals surface area (Å²) in [5.74, 6) is 1.04. The number of likely N-dealkylation sites (tertiary alicyclic amines) is 1. The number of hydrogen-bond acceptors (Lipinski definition) is 5.